The lowest BCUT2D eigenvalue weighted by molar-refractivity contribution is -0.384. The lowest BCUT2D eigenvalue weighted by atomic mass is 10.2. The molecule has 0 bridgehead atoms. The molecule has 0 spiro atoms. The highest BCUT2D eigenvalue weighted by atomic mass is 35.5. The molecule has 8 nitrogen and oxygen atoms in total. The first-order chi connectivity index (χ1) is 14.5. The molecule has 2 aromatic rings. The van der Waals surface area contributed by atoms with E-state index in [1.165, 1.54) is 12.1 Å². The average molecular weight is 436 g/mol. The van der Waals surface area contributed by atoms with Crippen molar-refractivity contribution in [3.63, 3.8) is 0 Å². The first kappa shape index (κ1) is 22.3. The topological polar surface area (TPSA) is 88.3 Å². The zero-order valence-electron chi connectivity index (χ0n) is 16.7. The maximum atomic E-state index is 10.8. The van der Waals surface area contributed by atoms with Gasteiger partial charge in [-0.25, -0.2) is 0 Å². The molecule has 0 amide bonds. The Labute approximate surface area is 180 Å². The lowest BCUT2D eigenvalue weighted by Crippen LogP contribution is -2.50. The van der Waals surface area contributed by atoms with Gasteiger partial charge >= 0.3 is 0 Å². The van der Waals surface area contributed by atoms with Crippen LogP contribution in [-0.4, -0.2) is 78.4 Å². The number of hydrogen-bond acceptors (Lipinski definition) is 7. The minimum atomic E-state index is -0.663. The number of non-ortho nitro benzene ring substituents is 1. The molecule has 1 heterocycles. The van der Waals surface area contributed by atoms with Crippen LogP contribution in [0.25, 0.3) is 0 Å². The molecule has 0 aliphatic carbocycles. The Morgan fingerprint density at radius 2 is 1.73 bits per heavy atom. The fourth-order valence-electron chi connectivity index (χ4n) is 3.25. The van der Waals surface area contributed by atoms with Crippen molar-refractivity contribution in [1.82, 2.24) is 9.80 Å². The number of piperazine rings is 1. The molecular formula is C21H26ClN3O5. The summed E-state index contributed by atoms with van der Waals surface area (Å²) in [6.45, 7) is 5.57. The van der Waals surface area contributed by atoms with Crippen LogP contribution in [0.15, 0.2) is 48.5 Å². The van der Waals surface area contributed by atoms with E-state index >= 15 is 0 Å². The van der Waals surface area contributed by atoms with Gasteiger partial charge in [-0.05, 0) is 30.3 Å². The van der Waals surface area contributed by atoms with Gasteiger partial charge in [0.15, 0.2) is 0 Å². The molecule has 1 aliphatic rings. The number of nitro groups is 1. The van der Waals surface area contributed by atoms with E-state index in [1.807, 2.05) is 24.3 Å². The minimum Gasteiger partial charge on any atom is -0.492 e. The summed E-state index contributed by atoms with van der Waals surface area (Å²) in [4.78, 5) is 14.9. The lowest BCUT2D eigenvalue weighted by Gasteiger charge is -2.35. The molecule has 0 aromatic heterocycles. The third kappa shape index (κ3) is 7.14. The standard InChI is InChI=1S/C21H26ClN3O5/c22-17-4-6-20(7-5-17)29-13-12-23-8-10-24(11-9-23)15-19(26)16-30-21-3-1-2-18(14-21)25(27)28/h1-7,14,19,26H,8-13,15-16H2. The predicted octanol–water partition coefficient (Wildman–Crippen LogP) is 2.68. The van der Waals surface area contributed by atoms with Crippen molar-refractivity contribution in [3.8, 4) is 11.5 Å². The van der Waals surface area contributed by atoms with Crippen LogP contribution < -0.4 is 9.47 Å². The molecule has 1 unspecified atom stereocenters. The molecule has 1 fully saturated rings. The fraction of sp³-hybridized carbons (Fsp3) is 0.429. The second-order valence-electron chi connectivity index (χ2n) is 7.16. The molecule has 30 heavy (non-hydrogen) atoms. The van der Waals surface area contributed by atoms with Crippen molar-refractivity contribution >= 4 is 17.3 Å². The van der Waals surface area contributed by atoms with Crippen molar-refractivity contribution in [2.75, 3.05) is 52.5 Å². The Morgan fingerprint density at radius 3 is 2.43 bits per heavy atom. The third-order valence-corrected chi connectivity index (χ3v) is 5.15. The zero-order valence-corrected chi connectivity index (χ0v) is 17.4. The van der Waals surface area contributed by atoms with E-state index in [0.717, 1.165) is 38.5 Å². The predicted molar refractivity (Wildman–Crippen MR) is 114 cm³/mol. The molecule has 0 saturated carbocycles. The number of rotatable bonds is 10. The largest absolute Gasteiger partial charge is 0.492 e. The van der Waals surface area contributed by atoms with Gasteiger partial charge in [0.05, 0.1) is 11.0 Å². The van der Waals surface area contributed by atoms with Crippen molar-refractivity contribution in [1.29, 1.82) is 0 Å². The fourth-order valence-corrected chi connectivity index (χ4v) is 3.37. The number of hydrogen-bond donors (Lipinski definition) is 1. The van der Waals surface area contributed by atoms with Crippen LogP contribution in [0.5, 0.6) is 11.5 Å². The number of nitrogens with zero attached hydrogens (tertiary/aromatic N) is 3. The summed E-state index contributed by atoms with van der Waals surface area (Å²) in [6, 6.07) is 13.3. The van der Waals surface area contributed by atoms with Gasteiger partial charge in [-0.1, -0.05) is 17.7 Å². The highest BCUT2D eigenvalue weighted by Gasteiger charge is 2.19. The van der Waals surface area contributed by atoms with Crippen LogP contribution in [0, 0.1) is 10.1 Å². The summed E-state index contributed by atoms with van der Waals surface area (Å²) in [6.07, 6.45) is -0.663. The van der Waals surface area contributed by atoms with Gasteiger partial charge in [-0.2, -0.15) is 0 Å². The Balaban J connectivity index is 1.31. The van der Waals surface area contributed by atoms with Crippen LogP contribution >= 0.6 is 11.6 Å². The van der Waals surface area contributed by atoms with E-state index in [4.69, 9.17) is 21.1 Å². The third-order valence-electron chi connectivity index (χ3n) is 4.89. The van der Waals surface area contributed by atoms with E-state index in [2.05, 4.69) is 9.80 Å². The molecule has 0 radical (unpaired) electrons. The van der Waals surface area contributed by atoms with E-state index in [9.17, 15) is 15.2 Å². The quantitative estimate of drug-likeness (QED) is 0.453. The monoisotopic (exact) mass is 435 g/mol. The van der Waals surface area contributed by atoms with E-state index in [1.54, 1.807) is 12.1 Å². The van der Waals surface area contributed by atoms with E-state index < -0.39 is 11.0 Å². The highest BCUT2D eigenvalue weighted by Crippen LogP contribution is 2.19. The highest BCUT2D eigenvalue weighted by molar-refractivity contribution is 6.30. The Morgan fingerprint density at radius 1 is 1.03 bits per heavy atom. The van der Waals surface area contributed by atoms with Gasteiger partial charge in [0.2, 0.25) is 0 Å². The Bertz CT molecular complexity index is 813. The van der Waals surface area contributed by atoms with Gasteiger partial charge in [0.25, 0.3) is 5.69 Å². The average Bonchev–Trinajstić information content (AvgIpc) is 2.75. The number of β-amino-alcohol motifs (C(OH)–C–C–N with tert-alkyl or cyclic N) is 1. The second-order valence-corrected chi connectivity index (χ2v) is 7.60. The second kappa shape index (κ2) is 11.1. The van der Waals surface area contributed by atoms with Gasteiger partial charge in [0, 0.05) is 50.4 Å². The molecule has 1 aliphatic heterocycles. The number of aliphatic hydroxyl groups excluding tert-OH is 1. The van der Waals surface area contributed by atoms with Crippen LogP contribution in [0.3, 0.4) is 0 Å². The molecule has 1 saturated heterocycles. The van der Waals surface area contributed by atoms with E-state index in [-0.39, 0.29) is 12.3 Å². The summed E-state index contributed by atoms with van der Waals surface area (Å²) in [7, 11) is 0. The van der Waals surface area contributed by atoms with Gasteiger partial charge in [-0.3, -0.25) is 19.9 Å². The normalized spacial score (nSPS) is 16.2. The zero-order chi connectivity index (χ0) is 21.3. The summed E-state index contributed by atoms with van der Waals surface area (Å²) >= 11 is 5.87. The van der Waals surface area contributed by atoms with Crippen molar-refractivity contribution in [2.24, 2.45) is 0 Å². The molecule has 2 aromatic carbocycles. The molecule has 3 rings (SSSR count). The maximum Gasteiger partial charge on any atom is 0.273 e. The minimum absolute atomic E-state index is 0.0295. The molecule has 1 atom stereocenters. The van der Waals surface area contributed by atoms with Gasteiger partial charge in [0.1, 0.15) is 30.8 Å². The van der Waals surface area contributed by atoms with Crippen LogP contribution in [-0.2, 0) is 0 Å². The summed E-state index contributed by atoms with van der Waals surface area (Å²) in [5.74, 6) is 1.19. The maximum absolute atomic E-state index is 10.8. The number of benzene rings is 2. The van der Waals surface area contributed by atoms with Gasteiger partial charge in [-0.15, -0.1) is 0 Å². The SMILES string of the molecule is O=[N+]([O-])c1cccc(OCC(O)CN2CCN(CCOc3ccc(Cl)cc3)CC2)c1. The Hall–Kier alpha value is -2.39. The first-order valence-electron chi connectivity index (χ1n) is 9.88. The van der Waals surface area contributed by atoms with Crippen LogP contribution in [0.4, 0.5) is 5.69 Å². The van der Waals surface area contributed by atoms with Gasteiger partial charge < -0.3 is 14.6 Å². The van der Waals surface area contributed by atoms with E-state index in [0.29, 0.717) is 23.9 Å². The molecule has 9 heteroatoms. The van der Waals surface area contributed by atoms with Crippen LogP contribution in [0.1, 0.15) is 0 Å². The van der Waals surface area contributed by atoms with Crippen LogP contribution in [0.2, 0.25) is 5.02 Å². The Kier molecular flexibility index (Phi) is 8.27. The summed E-state index contributed by atoms with van der Waals surface area (Å²) < 4.78 is 11.2. The first-order valence-corrected chi connectivity index (χ1v) is 10.3. The molecule has 1 N–H and O–H groups in total. The van der Waals surface area contributed by atoms with Crippen molar-refractivity contribution in [2.45, 2.75) is 6.10 Å². The van der Waals surface area contributed by atoms with Crippen molar-refractivity contribution in [3.05, 3.63) is 63.7 Å². The van der Waals surface area contributed by atoms with Crippen molar-refractivity contribution < 1.29 is 19.5 Å². The molecular weight excluding hydrogens is 410 g/mol. The number of nitro benzene ring substituents is 1. The smallest absolute Gasteiger partial charge is 0.273 e. The molecule has 162 valence electrons. The number of aliphatic hydroxyl groups is 1. The number of ether oxygens (including phenoxy) is 2. The summed E-state index contributed by atoms with van der Waals surface area (Å²) in [5, 5.41) is 21.7. The summed E-state index contributed by atoms with van der Waals surface area (Å²) in [5.41, 5.74) is -0.0295. The number of halogens is 1.